The van der Waals surface area contributed by atoms with E-state index in [1.165, 1.54) is 6.42 Å². The van der Waals surface area contributed by atoms with E-state index in [0.717, 1.165) is 26.1 Å². The Morgan fingerprint density at radius 2 is 2.17 bits per heavy atom. The van der Waals surface area contributed by atoms with Gasteiger partial charge in [-0.1, -0.05) is 13.3 Å². The summed E-state index contributed by atoms with van der Waals surface area (Å²) in [5.41, 5.74) is 0.0103. The third kappa shape index (κ3) is 4.07. The molecule has 1 fully saturated rings. The van der Waals surface area contributed by atoms with Gasteiger partial charge < -0.3 is 9.47 Å². The standard InChI is InChI=1S/C10H20O2/c1-4-5-6-12-10(2,3)7-9-8-11-9/h9H,4-8H2,1-3H3. The van der Waals surface area contributed by atoms with Crippen LogP contribution in [0.25, 0.3) is 0 Å². The first-order chi connectivity index (χ1) is 5.64. The second kappa shape index (κ2) is 4.24. The molecule has 0 spiro atoms. The highest BCUT2D eigenvalue weighted by molar-refractivity contribution is 4.80. The Morgan fingerprint density at radius 3 is 2.67 bits per heavy atom. The summed E-state index contributed by atoms with van der Waals surface area (Å²) in [4.78, 5) is 0. The molecule has 1 aliphatic rings. The molecule has 1 unspecified atom stereocenters. The van der Waals surface area contributed by atoms with E-state index in [1.54, 1.807) is 0 Å². The molecule has 72 valence electrons. The third-order valence-electron chi connectivity index (χ3n) is 2.11. The first kappa shape index (κ1) is 10.0. The van der Waals surface area contributed by atoms with E-state index in [1.807, 2.05) is 0 Å². The molecule has 12 heavy (non-hydrogen) atoms. The van der Waals surface area contributed by atoms with E-state index >= 15 is 0 Å². The summed E-state index contributed by atoms with van der Waals surface area (Å²) in [5.74, 6) is 0. The van der Waals surface area contributed by atoms with Crippen molar-refractivity contribution in [3.8, 4) is 0 Å². The zero-order valence-corrected chi connectivity index (χ0v) is 8.43. The van der Waals surface area contributed by atoms with Crippen LogP contribution in [-0.4, -0.2) is 24.9 Å². The van der Waals surface area contributed by atoms with Gasteiger partial charge in [-0.3, -0.25) is 0 Å². The monoisotopic (exact) mass is 172 g/mol. The predicted octanol–water partition coefficient (Wildman–Crippen LogP) is 2.37. The Labute approximate surface area is 75.2 Å². The van der Waals surface area contributed by atoms with Gasteiger partial charge >= 0.3 is 0 Å². The largest absolute Gasteiger partial charge is 0.375 e. The highest BCUT2D eigenvalue weighted by Gasteiger charge is 2.31. The van der Waals surface area contributed by atoms with Crippen molar-refractivity contribution in [2.75, 3.05) is 13.2 Å². The molecule has 0 N–H and O–H groups in total. The van der Waals surface area contributed by atoms with E-state index in [-0.39, 0.29) is 5.60 Å². The molecule has 0 amide bonds. The van der Waals surface area contributed by atoms with Crippen LogP contribution in [0.4, 0.5) is 0 Å². The van der Waals surface area contributed by atoms with Crippen LogP contribution in [0.15, 0.2) is 0 Å². The number of rotatable bonds is 6. The second-order valence-electron chi connectivity index (χ2n) is 4.12. The summed E-state index contributed by atoms with van der Waals surface area (Å²) >= 11 is 0. The van der Waals surface area contributed by atoms with Crippen LogP contribution in [0.1, 0.15) is 40.0 Å². The molecule has 0 radical (unpaired) electrons. The minimum Gasteiger partial charge on any atom is -0.375 e. The van der Waals surface area contributed by atoms with Crippen molar-refractivity contribution >= 4 is 0 Å². The normalized spacial score (nSPS) is 22.8. The smallest absolute Gasteiger partial charge is 0.0837 e. The minimum atomic E-state index is 0.0103. The molecule has 0 aromatic heterocycles. The molecule has 1 heterocycles. The van der Waals surface area contributed by atoms with Gasteiger partial charge in [0, 0.05) is 13.0 Å². The highest BCUT2D eigenvalue weighted by atomic mass is 16.6. The van der Waals surface area contributed by atoms with Gasteiger partial charge in [-0.25, -0.2) is 0 Å². The summed E-state index contributed by atoms with van der Waals surface area (Å²) in [6, 6.07) is 0. The summed E-state index contributed by atoms with van der Waals surface area (Å²) < 4.78 is 10.9. The van der Waals surface area contributed by atoms with Crippen molar-refractivity contribution in [1.82, 2.24) is 0 Å². The molecule has 1 rings (SSSR count). The molecular formula is C10H20O2. The van der Waals surface area contributed by atoms with Crippen LogP contribution in [-0.2, 0) is 9.47 Å². The minimum absolute atomic E-state index is 0.0103. The van der Waals surface area contributed by atoms with Crippen LogP contribution < -0.4 is 0 Å². The van der Waals surface area contributed by atoms with Crippen LogP contribution in [0.5, 0.6) is 0 Å². The first-order valence-corrected chi connectivity index (χ1v) is 4.89. The van der Waals surface area contributed by atoms with Gasteiger partial charge in [0.2, 0.25) is 0 Å². The Kier molecular flexibility index (Phi) is 3.53. The van der Waals surface area contributed by atoms with Crippen molar-refractivity contribution < 1.29 is 9.47 Å². The Hall–Kier alpha value is -0.0800. The van der Waals surface area contributed by atoms with E-state index in [2.05, 4.69) is 20.8 Å². The quantitative estimate of drug-likeness (QED) is 0.453. The van der Waals surface area contributed by atoms with Gasteiger partial charge in [-0.15, -0.1) is 0 Å². The molecule has 0 saturated carbocycles. The van der Waals surface area contributed by atoms with E-state index in [9.17, 15) is 0 Å². The molecule has 2 nitrogen and oxygen atoms in total. The second-order valence-corrected chi connectivity index (χ2v) is 4.12. The lowest BCUT2D eigenvalue weighted by Crippen LogP contribution is -2.27. The average Bonchev–Trinajstić information content (AvgIpc) is 2.71. The molecule has 2 heteroatoms. The number of hydrogen-bond donors (Lipinski definition) is 0. The Morgan fingerprint density at radius 1 is 1.50 bits per heavy atom. The molecule has 0 aromatic carbocycles. The van der Waals surface area contributed by atoms with Crippen LogP contribution in [0.2, 0.25) is 0 Å². The lowest BCUT2D eigenvalue weighted by atomic mass is 10.0. The van der Waals surface area contributed by atoms with E-state index < -0.39 is 0 Å². The maximum Gasteiger partial charge on any atom is 0.0837 e. The summed E-state index contributed by atoms with van der Waals surface area (Å²) in [6.45, 7) is 8.28. The van der Waals surface area contributed by atoms with E-state index in [4.69, 9.17) is 9.47 Å². The van der Waals surface area contributed by atoms with Crippen molar-refractivity contribution in [3.63, 3.8) is 0 Å². The van der Waals surface area contributed by atoms with Crippen LogP contribution in [0.3, 0.4) is 0 Å². The van der Waals surface area contributed by atoms with Crippen molar-refractivity contribution in [1.29, 1.82) is 0 Å². The number of hydrogen-bond acceptors (Lipinski definition) is 2. The predicted molar refractivity (Wildman–Crippen MR) is 49.3 cm³/mol. The molecule has 1 saturated heterocycles. The molecule has 0 bridgehead atoms. The average molecular weight is 172 g/mol. The molecule has 0 aromatic rings. The molecule has 0 aliphatic carbocycles. The van der Waals surface area contributed by atoms with Crippen LogP contribution in [0, 0.1) is 0 Å². The molecular weight excluding hydrogens is 152 g/mol. The van der Waals surface area contributed by atoms with Crippen molar-refractivity contribution in [2.45, 2.75) is 51.7 Å². The van der Waals surface area contributed by atoms with Crippen molar-refractivity contribution in [3.05, 3.63) is 0 Å². The fraction of sp³-hybridized carbons (Fsp3) is 1.00. The highest BCUT2D eigenvalue weighted by Crippen LogP contribution is 2.25. The maximum absolute atomic E-state index is 5.74. The fourth-order valence-corrected chi connectivity index (χ4v) is 1.29. The number of ether oxygens (including phenoxy) is 2. The fourth-order valence-electron chi connectivity index (χ4n) is 1.29. The Balaban J connectivity index is 2.08. The van der Waals surface area contributed by atoms with Gasteiger partial charge in [0.25, 0.3) is 0 Å². The Bertz CT molecular complexity index is 128. The van der Waals surface area contributed by atoms with Gasteiger partial charge in [0.1, 0.15) is 0 Å². The maximum atomic E-state index is 5.74. The van der Waals surface area contributed by atoms with Gasteiger partial charge in [0.15, 0.2) is 0 Å². The molecule has 1 aliphatic heterocycles. The van der Waals surface area contributed by atoms with Gasteiger partial charge in [-0.2, -0.15) is 0 Å². The number of epoxide rings is 1. The van der Waals surface area contributed by atoms with Crippen LogP contribution >= 0.6 is 0 Å². The lowest BCUT2D eigenvalue weighted by molar-refractivity contribution is -0.0288. The zero-order valence-electron chi connectivity index (χ0n) is 8.43. The SMILES string of the molecule is CCCCOC(C)(C)CC1CO1. The number of unbranched alkanes of at least 4 members (excludes halogenated alkanes) is 1. The van der Waals surface area contributed by atoms with Gasteiger partial charge in [-0.05, 0) is 20.3 Å². The summed E-state index contributed by atoms with van der Waals surface area (Å²) in [6.07, 6.45) is 3.88. The zero-order chi connectivity index (χ0) is 9.03. The van der Waals surface area contributed by atoms with E-state index in [0.29, 0.717) is 6.10 Å². The van der Waals surface area contributed by atoms with Crippen molar-refractivity contribution in [2.24, 2.45) is 0 Å². The summed E-state index contributed by atoms with van der Waals surface area (Å²) in [5, 5.41) is 0. The lowest BCUT2D eigenvalue weighted by Gasteiger charge is -2.24. The topological polar surface area (TPSA) is 21.8 Å². The third-order valence-corrected chi connectivity index (χ3v) is 2.11. The van der Waals surface area contributed by atoms with Gasteiger partial charge in [0.05, 0.1) is 18.3 Å². The summed E-state index contributed by atoms with van der Waals surface area (Å²) in [7, 11) is 0. The first-order valence-electron chi connectivity index (χ1n) is 4.89. The molecule has 1 atom stereocenters.